The fourth-order valence-corrected chi connectivity index (χ4v) is 5.27. The maximum atomic E-state index is 13.0. The van der Waals surface area contributed by atoms with Gasteiger partial charge in [-0.15, -0.1) is 0 Å². The topological polar surface area (TPSA) is 113 Å². The molecule has 1 aliphatic rings. The molecule has 0 aliphatic carbocycles. The van der Waals surface area contributed by atoms with E-state index in [2.05, 4.69) is 5.32 Å². The Morgan fingerprint density at radius 3 is 2.42 bits per heavy atom. The van der Waals surface area contributed by atoms with Crippen molar-refractivity contribution in [3.05, 3.63) is 64.0 Å². The van der Waals surface area contributed by atoms with Crippen LogP contribution in [0.3, 0.4) is 0 Å². The van der Waals surface area contributed by atoms with Crippen molar-refractivity contribution in [3.8, 4) is 0 Å². The zero-order chi connectivity index (χ0) is 24.0. The standard InChI is InChI=1S/C22H27FN4O5S/c1-2-25(16-22(28)24-15-17-6-8-18(23)9-7-17)20-11-10-19(14-21(20)27(29)30)33(31,32)26-12-4-3-5-13-26/h6-11,14H,2-5,12-13,15-16H2,1H3,(H,24,28). The van der Waals surface area contributed by atoms with E-state index < -0.39 is 14.9 Å². The van der Waals surface area contributed by atoms with Gasteiger partial charge in [0.1, 0.15) is 11.5 Å². The third-order valence-electron chi connectivity index (χ3n) is 5.56. The number of nitrogens with zero attached hydrogens (tertiary/aromatic N) is 3. The number of halogens is 1. The van der Waals surface area contributed by atoms with E-state index in [1.54, 1.807) is 19.1 Å². The highest BCUT2D eigenvalue weighted by molar-refractivity contribution is 7.89. The minimum Gasteiger partial charge on any atom is -0.357 e. The number of rotatable bonds is 9. The molecule has 0 atom stereocenters. The minimum absolute atomic E-state index is 0.128. The number of likely N-dealkylation sites (N-methyl/N-ethyl adjacent to an activating group) is 1. The summed E-state index contributed by atoms with van der Waals surface area (Å²) >= 11 is 0. The Morgan fingerprint density at radius 1 is 1.15 bits per heavy atom. The predicted octanol–water partition coefficient (Wildman–Crippen LogP) is 3.05. The molecule has 2 aromatic carbocycles. The third-order valence-corrected chi connectivity index (χ3v) is 7.45. The molecule has 9 nitrogen and oxygen atoms in total. The molecule has 0 bridgehead atoms. The number of amides is 1. The van der Waals surface area contributed by atoms with Crippen molar-refractivity contribution in [1.29, 1.82) is 0 Å². The lowest BCUT2D eigenvalue weighted by Gasteiger charge is -2.26. The molecule has 1 saturated heterocycles. The third kappa shape index (κ3) is 6.05. The monoisotopic (exact) mass is 478 g/mol. The first kappa shape index (κ1) is 24.6. The Hall–Kier alpha value is -3.05. The first-order chi connectivity index (χ1) is 15.7. The molecule has 0 unspecified atom stereocenters. The lowest BCUT2D eigenvalue weighted by Crippen LogP contribution is -2.37. The van der Waals surface area contributed by atoms with Crippen molar-refractivity contribution >= 4 is 27.3 Å². The molecule has 1 aliphatic heterocycles. The second-order valence-corrected chi connectivity index (χ2v) is 9.73. The quantitative estimate of drug-likeness (QED) is 0.438. The Labute approximate surface area is 192 Å². The first-order valence-corrected chi connectivity index (χ1v) is 12.2. The Balaban J connectivity index is 1.77. The summed E-state index contributed by atoms with van der Waals surface area (Å²) in [5, 5.41) is 14.5. The predicted molar refractivity (Wildman–Crippen MR) is 122 cm³/mol. The van der Waals surface area contributed by atoms with Gasteiger partial charge in [-0.25, -0.2) is 12.8 Å². The lowest BCUT2D eigenvalue weighted by molar-refractivity contribution is -0.384. The summed E-state index contributed by atoms with van der Waals surface area (Å²) in [4.78, 5) is 24.9. The van der Waals surface area contributed by atoms with Gasteiger partial charge in [0.05, 0.1) is 16.4 Å². The normalized spacial score (nSPS) is 14.6. The van der Waals surface area contributed by atoms with E-state index in [-0.39, 0.29) is 41.1 Å². The Bertz CT molecular complexity index is 1100. The maximum absolute atomic E-state index is 13.0. The van der Waals surface area contributed by atoms with E-state index in [4.69, 9.17) is 0 Å². The molecule has 1 heterocycles. The second kappa shape index (κ2) is 10.7. The highest BCUT2D eigenvalue weighted by atomic mass is 32.2. The van der Waals surface area contributed by atoms with Crippen LogP contribution in [0.25, 0.3) is 0 Å². The van der Waals surface area contributed by atoms with Crippen LogP contribution in [0.5, 0.6) is 0 Å². The molecule has 33 heavy (non-hydrogen) atoms. The van der Waals surface area contributed by atoms with Gasteiger partial charge in [-0.1, -0.05) is 18.6 Å². The van der Waals surface area contributed by atoms with Crippen molar-refractivity contribution in [2.24, 2.45) is 0 Å². The molecule has 3 rings (SSSR count). The smallest absolute Gasteiger partial charge is 0.293 e. The fourth-order valence-electron chi connectivity index (χ4n) is 3.73. The molecule has 0 radical (unpaired) electrons. The average Bonchev–Trinajstić information content (AvgIpc) is 2.82. The van der Waals surface area contributed by atoms with E-state index >= 15 is 0 Å². The first-order valence-electron chi connectivity index (χ1n) is 10.8. The number of carbonyl (C=O) groups is 1. The van der Waals surface area contributed by atoms with Gasteiger partial charge in [-0.3, -0.25) is 14.9 Å². The van der Waals surface area contributed by atoms with Crippen molar-refractivity contribution in [1.82, 2.24) is 9.62 Å². The summed E-state index contributed by atoms with van der Waals surface area (Å²) in [6, 6.07) is 9.50. The number of sulfonamides is 1. The number of carbonyl (C=O) groups excluding carboxylic acids is 1. The number of piperidine rings is 1. The van der Waals surface area contributed by atoms with Crippen LogP contribution < -0.4 is 10.2 Å². The second-order valence-electron chi connectivity index (χ2n) is 7.79. The van der Waals surface area contributed by atoms with Crippen LogP contribution in [0.1, 0.15) is 31.7 Å². The van der Waals surface area contributed by atoms with Gasteiger partial charge in [0.2, 0.25) is 15.9 Å². The average molecular weight is 479 g/mol. The number of anilines is 1. The van der Waals surface area contributed by atoms with Crippen molar-refractivity contribution in [2.75, 3.05) is 31.1 Å². The highest BCUT2D eigenvalue weighted by Crippen LogP contribution is 2.32. The van der Waals surface area contributed by atoms with Gasteiger partial charge in [0.15, 0.2) is 0 Å². The van der Waals surface area contributed by atoms with Crippen LogP contribution >= 0.6 is 0 Å². The van der Waals surface area contributed by atoms with Gasteiger partial charge < -0.3 is 10.2 Å². The van der Waals surface area contributed by atoms with Crippen LogP contribution in [-0.2, 0) is 21.4 Å². The number of nitro benzene ring substituents is 1. The molecule has 11 heteroatoms. The summed E-state index contributed by atoms with van der Waals surface area (Å²) in [5.74, 6) is -0.749. The van der Waals surface area contributed by atoms with Crippen LogP contribution in [0.15, 0.2) is 47.4 Å². The van der Waals surface area contributed by atoms with Crippen LogP contribution in [0.4, 0.5) is 15.8 Å². The highest BCUT2D eigenvalue weighted by Gasteiger charge is 2.29. The maximum Gasteiger partial charge on any atom is 0.293 e. The molecule has 0 aromatic heterocycles. The molecule has 1 N–H and O–H groups in total. The largest absolute Gasteiger partial charge is 0.357 e. The van der Waals surface area contributed by atoms with Gasteiger partial charge in [0, 0.05) is 32.2 Å². The zero-order valence-electron chi connectivity index (χ0n) is 18.4. The van der Waals surface area contributed by atoms with E-state index in [9.17, 15) is 27.7 Å². The molecule has 1 fully saturated rings. The van der Waals surface area contributed by atoms with E-state index in [1.807, 2.05) is 0 Å². The van der Waals surface area contributed by atoms with E-state index in [0.717, 1.165) is 25.3 Å². The lowest BCUT2D eigenvalue weighted by atomic mass is 10.2. The Kier molecular flexibility index (Phi) is 7.98. The molecule has 178 valence electrons. The SMILES string of the molecule is CCN(CC(=O)NCc1ccc(F)cc1)c1ccc(S(=O)(=O)N2CCCCC2)cc1[N+](=O)[O-]. The zero-order valence-corrected chi connectivity index (χ0v) is 19.2. The molecular formula is C22H27FN4O5S. The van der Waals surface area contributed by atoms with E-state index in [1.165, 1.54) is 33.5 Å². The Morgan fingerprint density at radius 2 is 1.82 bits per heavy atom. The summed E-state index contributed by atoms with van der Waals surface area (Å²) in [5.41, 5.74) is 0.504. The minimum atomic E-state index is -3.83. The van der Waals surface area contributed by atoms with E-state index in [0.29, 0.717) is 25.2 Å². The fraction of sp³-hybridized carbons (Fsp3) is 0.409. The number of hydrogen-bond acceptors (Lipinski definition) is 6. The summed E-state index contributed by atoms with van der Waals surface area (Å²) in [7, 11) is -3.83. The van der Waals surface area contributed by atoms with Crippen LogP contribution in [0.2, 0.25) is 0 Å². The number of benzene rings is 2. The number of nitro groups is 1. The van der Waals surface area contributed by atoms with Crippen LogP contribution in [0, 0.1) is 15.9 Å². The number of nitrogens with one attached hydrogen (secondary N) is 1. The van der Waals surface area contributed by atoms with Gasteiger partial charge in [-0.05, 0) is 49.6 Å². The molecular weight excluding hydrogens is 451 g/mol. The molecule has 0 saturated carbocycles. The van der Waals surface area contributed by atoms with Gasteiger partial charge >= 0.3 is 0 Å². The van der Waals surface area contributed by atoms with Crippen LogP contribution in [-0.4, -0.2) is 49.7 Å². The summed E-state index contributed by atoms with van der Waals surface area (Å²) in [6.07, 6.45) is 2.48. The summed E-state index contributed by atoms with van der Waals surface area (Å²) in [6.45, 7) is 2.86. The van der Waals surface area contributed by atoms with Gasteiger partial charge in [-0.2, -0.15) is 4.31 Å². The van der Waals surface area contributed by atoms with Gasteiger partial charge in [0.25, 0.3) is 5.69 Å². The summed E-state index contributed by atoms with van der Waals surface area (Å²) < 4.78 is 40.2. The molecule has 1 amide bonds. The number of hydrogen-bond donors (Lipinski definition) is 1. The molecule has 2 aromatic rings. The van der Waals surface area contributed by atoms with Crippen molar-refractivity contribution in [2.45, 2.75) is 37.6 Å². The molecule has 0 spiro atoms. The van der Waals surface area contributed by atoms with Crippen molar-refractivity contribution < 1.29 is 22.5 Å². The van der Waals surface area contributed by atoms with Crippen molar-refractivity contribution in [3.63, 3.8) is 0 Å².